The van der Waals surface area contributed by atoms with Crippen molar-refractivity contribution >= 4 is 9.20 Å². The molecule has 0 aliphatic carbocycles. The molecule has 0 spiro atoms. The van der Waals surface area contributed by atoms with Crippen molar-refractivity contribution in [1.82, 2.24) is 4.98 Å². The van der Waals surface area contributed by atoms with Crippen LogP contribution in [-0.4, -0.2) is 28.9 Å². The minimum Gasteiger partial charge on any atom is -0.330 e. The van der Waals surface area contributed by atoms with Crippen molar-refractivity contribution in [1.29, 1.82) is 0 Å². The zero-order chi connectivity index (χ0) is 8.53. The number of hydrogen-bond acceptors (Lipinski definition) is 3. The monoisotopic (exact) mass is 175 g/mol. The van der Waals surface area contributed by atoms with Gasteiger partial charge in [-0.1, -0.05) is 0 Å². The molecule has 0 amide bonds. The first-order valence-electron chi connectivity index (χ1n) is 4.27. The van der Waals surface area contributed by atoms with Gasteiger partial charge in [-0.25, -0.2) is 4.43 Å². The lowest BCUT2D eigenvalue weighted by atomic mass is 10.5. The van der Waals surface area contributed by atoms with Crippen LogP contribution in [0.1, 0.15) is 20.3 Å². The molecule has 0 aromatic heterocycles. The molecule has 11 heavy (non-hydrogen) atoms. The molecule has 0 aliphatic heterocycles. The highest BCUT2D eigenvalue weighted by Gasteiger charge is 2.26. The number of rotatable bonds is 7. The van der Waals surface area contributed by atoms with E-state index in [1.165, 1.54) is 0 Å². The standard InChI is InChI=1S/C7H19N2OSi/c1-3-9-11(10-4-2)7-5-6-8/h9H,3-8H2,1-2H3/q+1. The van der Waals surface area contributed by atoms with Crippen LogP contribution >= 0.6 is 0 Å². The lowest BCUT2D eigenvalue weighted by molar-refractivity contribution is 0.332. The van der Waals surface area contributed by atoms with Gasteiger partial charge in [0.2, 0.25) is 0 Å². The molecule has 0 unspecified atom stereocenters. The quantitative estimate of drug-likeness (QED) is 0.553. The van der Waals surface area contributed by atoms with E-state index in [0.29, 0.717) is 0 Å². The van der Waals surface area contributed by atoms with E-state index in [0.717, 1.165) is 32.2 Å². The van der Waals surface area contributed by atoms with Crippen LogP contribution in [0.5, 0.6) is 0 Å². The molecule has 0 heterocycles. The highest BCUT2D eigenvalue weighted by molar-refractivity contribution is 6.48. The van der Waals surface area contributed by atoms with Crippen LogP contribution in [0.25, 0.3) is 0 Å². The average Bonchev–Trinajstić information content (AvgIpc) is 2.01. The molecule has 0 aliphatic rings. The Balaban J connectivity index is 3.34. The molecule has 4 heteroatoms. The smallest absolute Gasteiger partial charge is 0.330 e. The van der Waals surface area contributed by atoms with Gasteiger partial charge in [-0.15, -0.1) is 0 Å². The third-order valence-corrected chi connectivity index (χ3v) is 3.49. The zero-order valence-electron chi connectivity index (χ0n) is 7.52. The van der Waals surface area contributed by atoms with Gasteiger partial charge in [-0.05, 0) is 26.8 Å². The molecule has 0 fully saturated rings. The van der Waals surface area contributed by atoms with Gasteiger partial charge in [-0.2, -0.15) is 4.98 Å². The van der Waals surface area contributed by atoms with Crippen LogP contribution in [-0.2, 0) is 4.43 Å². The average molecular weight is 175 g/mol. The summed E-state index contributed by atoms with van der Waals surface area (Å²) >= 11 is 0. The first-order valence-corrected chi connectivity index (χ1v) is 5.89. The van der Waals surface area contributed by atoms with Gasteiger partial charge in [-0.3, -0.25) is 0 Å². The third-order valence-electron chi connectivity index (χ3n) is 1.30. The maximum atomic E-state index is 5.52. The molecule has 0 saturated carbocycles. The summed E-state index contributed by atoms with van der Waals surface area (Å²) in [7, 11) is -0.739. The molecule has 0 atom stereocenters. The minimum atomic E-state index is -0.739. The van der Waals surface area contributed by atoms with Gasteiger partial charge >= 0.3 is 9.20 Å². The third kappa shape index (κ3) is 6.49. The van der Waals surface area contributed by atoms with Crippen molar-refractivity contribution in [2.45, 2.75) is 26.3 Å². The van der Waals surface area contributed by atoms with Gasteiger partial charge in [0.25, 0.3) is 0 Å². The second-order valence-corrected chi connectivity index (χ2v) is 4.27. The molecule has 0 bridgehead atoms. The Bertz CT molecular complexity index is 76.8. The Morgan fingerprint density at radius 2 is 2.18 bits per heavy atom. The van der Waals surface area contributed by atoms with Crippen LogP contribution < -0.4 is 10.7 Å². The second-order valence-electron chi connectivity index (χ2n) is 2.28. The second kappa shape index (κ2) is 8.20. The van der Waals surface area contributed by atoms with E-state index in [1.54, 1.807) is 0 Å². The van der Waals surface area contributed by atoms with Crippen LogP contribution in [0.4, 0.5) is 0 Å². The lowest BCUT2D eigenvalue weighted by Gasteiger charge is -1.98. The van der Waals surface area contributed by atoms with Crippen molar-refractivity contribution in [3.8, 4) is 0 Å². The van der Waals surface area contributed by atoms with E-state index >= 15 is 0 Å². The van der Waals surface area contributed by atoms with Crippen molar-refractivity contribution in [2.75, 3.05) is 19.7 Å². The first kappa shape index (κ1) is 11.1. The van der Waals surface area contributed by atoms with Crippen molar-refractivity contribution < 1.29 is 4.43 Å². The SMILES string of the molecule is CCN[Si+](CCCN)OCC. The number of nitrogens with two attached hydrogens (primary N) is 1. The predicted octanol–water partition coefficient (Wildman–Crippen LogP) is 0.469. The van der Waals surface area contributed by atoms with Crippen molar-refractivity contribution in [3.63, 3.8) is 0 Å². The maximum Gasteiger partial charge on any atom is 0.568 e. The van der Waals surface area contributed by atoms with E-state index < -0.39 is 9.20 Å². The van der Waals surface area contributed by atoms with E-state index in [2.05, 4.69) is 11.9 Å². The Kier molecular flexibility index (Phi) is 8.27. The highest BCUT2D eigenvalue weighted by Crippen LogP contribution is 1.94. The molecule has 0 aromatic rings. The zero-order valence-corrected chi connectivity index (χ0v) is 8.52. The van der Waals surface area contributed by atoms with E-state index in [4.69, 9.17) is 10.2 Å². The minimum absolute atomic E-state index is 0.739. The van der Waals surface area contributed by atoms with Gasteiger partial charge in [0.05, 0.1) is 6.61 Å². The normalized spacial score (nSPS) is 10.1. The summed E-state index contributed by atoms with van der Waals surface area (Å²) in [6.45, 7) is 6.72. The van der Waals surface area contributed by atoms with Crippen LogP contribution in [0, 0.1) is 0 Å². The molecule has 0 saturated heterocycles. The van der Waals surface area contributed by atoms with E-state index in [-0.39, 0.29) is 0 Å². The van der Waals surface area contributed by atoms with E-state index in [9.17, 15) is 0 Å². The fraction of sp³-hybridized carbons (Fsp3) is 1.00. The molecular weight excluding hydrogens is 156 g/mol. The first-order chi connectivity index (χ1) is 5.35. The van der Waals surface area contributed by atoms with Crippen molar-refractivity contribution in [3.05, 3.63) is 0 Å². The summed E-state index contributed by atoms with van der Waals surface area (Å²) in [6, 6.07) is 1.11. The summed E-state index contributed by atoms with van der Waals surface area (Å²) < 4.78 is 5.52. The lowest BCUT2D eigenvalue weighted by Crippen LogP contribution is -2.37. The summed E-state index contributed by atoms with van der Waals surface area (Å²) in [4.78, 5) is 3.34. The Morgan fingerprint density at radius 3 is 2.64 bits per heavy atom. The summed E-state index contributed by atoms with van der Waals surface area (Å²) in [6.07, 6.45) is 1.07. The summed E-state index contributed by atoms with van der Waals surface area (Å²) in [5.74, 6) is 0. The van der Waals surface area contributed by atoms with Gasteiger partial charge < -0.3 is 5.73 Å². The molecule has 0 aromatic carbocycles. The molecule has 0 rings (SSSR count). The Hall–Kier alpha value is 0.0969. The maximum absolute atomic E-state index is 5.52. The largest absolute Gasteiger partial charge is 0.568 e. The van der Waals surface area contributed by atoms with Crippen molar-refractivity contribution in [2.24, 2.45) is 5.73 Å². The Labute approximate surface area is 71.1 Å². The molecule has 66 valence electrons. The van der Waals surface area contributed by atoms with Crippen LogP contribution in [0.2, 0.25) is 6.04 Å². The molecular formula is C7H19N2OSi+. The molecule has 3 nitrogen and oxygen atoms in total. The van der Waals surface area contributed by atoms with Crippen LogP contribution in [0.3, 0.4) is 0 Å². The van der Waals surface area contributed by atoms with Gasteiger partial charge in [0.1, 0.15) is 6.04 Å². The van der Waals surface area contributed by atoms with E-state index in [1.807, 2.05) is 6.92 Å². The molecule has 0 radical (unpaired) electrons. The molecule has 3 N–H and O–H groups in total. The topological polar surface area (TPSA) is 47.3 Å². The summed E-state index contributed by atoms with van der Waals surface area (Å²) in [5, 5.41) is 0. The van der Waals surface area contributed by atoms with Gasteiger partial charge in [0, 0.05) is 6.54 Å². The fourth-order valence-corrected chi connectivity index (χ4v) is 2.54. The Morgan fingerprint density at radius 1 is 1.45 bits per heavy atom. The fourth-order valence-electron chi connectivity index (χ4n) is 0.846. The predicted molar refractivity (Wildman–Crippen MR) is 49.5 cm³/mol. The van der Waals surface area contributed by atoms with Crippen LogP contribution in [0.15, 0.2) is 0 Å². The highest BCUT2D eigenvalue weighted by atomic mass is 28.3. The number of nitrogens with one attached hydrogen (secondary N) is 1. The van der Waals surface area contributed by atoms with Gasteiger partial charge in [0.15, 0.2) is 0 Å². The summed E-state index contributed by atoms with van der Waals surface area (Å²) in [5.41, 5.74) is 5.40. The number of hydrogen-bond donors (Lipinski definition) is 2.